The molecule has 0 aliphatic heterocycles. The molecule has 0 saturated heterocycles. The van der Waals surface area contributed by atoms with Crippen LogP contribution in [-0.2, 0) is 0 Å². The molecule has 4 nitrogen and oxygen atoms in total. The predicted octanol–water partition coefficient (Wildman–Crippen LogP) is 2.20. The van der Waals surface area contributed by atoms with E-state index in [0.717, 1.165) is 0 Å². The molecule has 0 aromatic carbocycles. The van der Waals surface area contributed by atoms with Gasteiger partial charge in [-0.1, -0.05) is 5.16 Å². The number of nitrogens with zero attached hydrogens (tertiary/aromatic N) is 2. The lowest BCUT2D eigenvalue weighted by Gasteiger charge is -2.03. The number of hydrogen-bond acceptors (Lipinski definition) is 3. The number of pyridine rings is 1. The van der Waals surface area contributed by atoms with E-state index < -0.39 is 5.82 Å². The first kappa shape index (κ1) is 9.91. The molecule has 70 valence electrons. The number of amidine groups is 1. The Morgan fingerprint density at radius 1 is 1.77 bits per heavy atom. The van der Waals surface area contributed by atoms with Crippen molar-refractivity contribution in [2.75, 3.05) is 5.32 Å². The Bertz CT molecular complexity index is 343. The number of oxime groups is 1. The SMILES string of the molecule is CC(=NO)Nc1ncc(Br)cc1F. The van der Waals surface area contributed by atoms with E-state index in [-0.39, 0.29) is 11.7 Å². The van der Waals surface area contributed by atoms with Gasteiger partial charge < -0.3 is 10.5 Å². The zero-order chi connectivity index (χ0) is 9.84. The molecular weight excluding hydrogens is 241 g/mol. The fourth-order valence-corrected chi connectivity index (χ4v) is 1.01. The van der Waals surface area contributed by atoms with Gasteiger partial charge in [0.15, 0.2) is 11.6 Å². The Balaban J connectivity index is 2.90. The number of rotatable bonds is 1. The van der Waals surface area contributed by atoms with Crippen molar-refractivity contribution in [3.8, 4) is 0 Å². The maximum absolute atomic E-state index is 13.1. The number of hydrogen-bond donors (Lipinski definition) is 2. The molecule has 0 spiro atoms. The molecule has 1 aromatic heterocycles. The second-order valence-electron chi connectivity index (χ2n) is 2.29. The molecule has 6 heteroatoms. The second-order valence-corrected chi connectivity index (χ2v) is 3.21. The van der Waals surface area contributed by atoms with E-state index in [0.29, 0.717) is 4.47 Å². The number of halogens is 2. The largest absolute Gasteiger partial charge is 0.409 e. The van der Waals surface area contributed by atoms with Gasteiger partial charge in [0.1, 0.15) is 5.84 Å². The Kier molecular flexibility index (Phi) is 3.18. The van der Waals surface area contributed by atoms with Crippen LogP contribution in [-0.4, -0.2) is 16.0 Å². The van der Waals surface area contributed by atoms with Crippen molar-refractivity contribution in [3.05, 3.63) is 22.6 Å². The van der Waals surface area contributed by atoms with E-state index in [4.69, 9.17) is 5.21 Å². The fraction of sp³-hybridized carbons (Fsp3) is 0.143. The summed E-state index contributed by atoms with van der Waals surface area (Å²) < 4.78 is 13.6. The molecule has 0 radical (unpaired) electrons. The van der Waals surface area contributed by atoms with Crippen LogP contribution < -0.4 is 5.32 Å². The van der Waals surface area contributed by atoms with Gasteiger partial charge in [-0.15, -0.1) is 0 Å². The quantitative estimate of drug-likeness (QED) is 0.346. The van der Waals surface area contributed by atoms with Crippen LogP contribution in [0.2, 0.25) is 0 Å². The van der Waals surface area contributed by atoms with Crippen molar-refractivity contribution >= 4 is 27.6 Å². The van der Waals surface area contributed by atoms with Crippen molar-refractivity contribution in [2.45, 2.75) is 6.92 Å². The summed E-state index contributed by atoms with van der Waals surface area (Å²) in [5, 5.41) is 13.6. The minimum absolute atomic E-state index is 0.0264. The Morgan fingerprint density at radius 3 is 3.00 bits per heavy atom. The minimum atomic E-state index is -0.516. The third-order valence-corrected chi connectivity index (χ3v) is 1.69. The van der Waals surface area contributed by atoms with Gasteiger partial charge in [0.2, 0.25) is 0 Å². The molecule has 0 unspecified atom stereocenters. The van der Waals surface area contributed by atoms with E-state index in [1.165, 1.54) is 19.2 Å². The molecule has 0 atom stereocenters. The molecule has 0 saturated carbocycles. The van der Waals surface area contributed by atoms with Crippen LogP contribution in [0.3, 0.4) is 0 Å². The van der Waals surface area contributed by atoms with Crippen molar-refractivity contribution in [1.29, 1.82) is 0 Å². The Labute approximate surface area is 82.6 Å². The smallest absolute Gasteiger partial charge is 0.167 e. The summed E-state index contributed by atoms with van der Waals surface area (Å²) in [6.07, 6.45) is 1.44. The standard InChI is InChI=1S/C7H7BrFN3O/c1-4(12-13)11-7-6(9)2-5(8)3-10-7/h2-3,13H,1H3,(H,10,11,12). The first-order valence-electron chi connectivity index (χ1n) is 3.40. The zero-order valence-electron chi connectivity index (χ0n) is 6.75. The van der Waals surface area contributed by atoms with E-state index in [9.17, 15) is 4.39 Å². The maximum Gasteiger partial charge on any atom is 0.167 e. The summed E-state index contributed by atoms with van der Waals surface area (Å²) >= 11 is 3.07. The summed E-state index contributed by atoms with van der Waals surface area (Å²) in [4.78, 5) is 3.74. The summed E-state index contributed by atoms with van der Waals surface area (Å²) in [7, 11) is 0. The van der Waals surface area contributed by atoms with E-state index >= 15 is 0 Å². The van der Waals surface area contributed by atoms with Crippen molar-refractivity contribution < 1.29 is 9.60 Å². The first-order valence-corrected chi connectivity index (χ1v) is 4.19. The number of aromatic nitrogens is 1. The molecule has 1 heterocycles. The van der Waals surface area contributed by atoms with Gasteiger partial charge in [-0.05, 0) is 28.9 Å². The third kappa shape index (κ3) is 2.66. The van der Waals surface area contributed by atoms with Crippen LogP contribution in [0.4, 0.5) is 10.2 Å². The molecule has 1 aromatic rings. The van der Waals surface area contributed by atoms with Crippen LogP contribution in [0.15, 0.2) is 21.9 Å². The summed E-state index contributed by atoms with van der Waals surface area (Å²) in [5.74, 6) is -0.315. The molecule has 2 N–H and O–H groups in total. The van der Waals surface area contributed by atoms with Crippen molar-refractivity contribution in [2.24, 2.45) is 5.16 Å². The van der Waals surface area contributed by atoms with Crippen LogP contribution in [0.25, 0.3) is 0 Å². The second kappa shape index (κ2) is 4.18. The van der Waals surface area contributed by atoms with Crippen molar-refractivity contribution in [1.82, 2.24) is 4.98 Å². The zero-order valence-corrected chi connectivity index (χ0v) is 8.34. The predicted molar refractivity (Wildman–Crippen MR) is 50.4 cm³/mol. The highest BCUT2D eigenvalue weighted by atomic mass is 79.9. The lowest BCUT2D eigenvalue weighted by Crippen LogP contribution is -2.09. The van der Waals surface area contributed by atoms with Gasteiger partial charge >= 0.3 is 0 Å². The van der Waals surface area contributed by atoms with Crippen LogP contribution >= 0.6 is 15.9 Å². The molecule has 1 rings (SSSR count). The molecule has 0 fully saturated rings. The maximum atomic E-state index is 13.1. The number of nitrogens with one attached hydrogen (secondary N) is 1. The van der Waals surface area contributed by atoms with Crippen LogP contribution in [0.5, 0.6) is 0 Å². The Morgan fingerprint density at radius 2 is 2.46 bits per heavy atom. The minimum Gasteiger partial charge on any atom is -0.409 e. The van der Waals surface area contributed by atoms with Crippen molar-refractivity contribution in [3.63, 3.8) is 0 Å². The molecule has 0 bridgehead atoms. The lowest BCUT2D eigenvalue weighted by molar-refractivity contribution is 0.318. The van der Waals surface area contributed by atoms with Gasteiger partial charge in [0.05, 0.1) is 0 Å². The van der Waals surface area contributed by atoms with E-state index in [1.54, 1.807) is 0 Å². The van der Waals surface area contributed by atoms with Crippen LogP contribution in [0.1, 0.15) is 6.92 Å². The van der Waals surface area contributed by atoms with Gasteiger partial charge in [-0.2, -0.15) is 0 Å². The summed E-state index contributed by atoms with van der Waals surface area (Å²) in [5.41, 5.74) is 0. The normalized spacial score (nSPS) is 11.5. The summed E-state index contributed by atoms with van der Waals surface area (Å²) in [6.45, 7) is 1.49. The average molecular weight is 248 g/mol. The van der Waals surface area contributed by atoms with Gasteiger partial charge in [0.25, 0.3) is 0 Å². The van der Waals surface area contributed by atoms with Gasteiger partial charge in [-0.25, -0.2) is 9.37 Å². The highest BCUT2D eigenvalue weighted by Gasteiger charge is 2.04. The third-order valence-electron chi connectivity index (χ3n) is 1.26. The van der Waals surface area contributed by atoms with Gasteiger partial charge in [-0.3, -0.25) is 0 Å². The topological polar surface area (TPSA) is 57.5 Å². The fourth-order valence-electron chi connectivity index (χ4n) is 0.703. The highest BCUT2D eigenvalue weighted by molar-refractivity contribution is 9.10. The number of anilines is 1. The van der Waals surface area contributed by atoms with E-state index in [1.807, 2.05) is 0 Å². The molecule has 0 amide bonds. The molecule has 0 aliphatic rings. The molecule has 0 aliphatic carbocycles. The highest BCUT2D eigenvalue weighted by Crippen LogP contribution is 2.15. The lowest BCUT2D eigenvalue weighted by atomic mass is 10.4. The molecular formula is C7H7BrFN3O. The average Bonchev–Trinajstić information content (AvgIpc) is 2.09. The van der Waals surface area contributed by atoms with Gasteiger partial charge in [0, 0.05) is 10.7 Å². The Hall–Kier alpha value is -1.17. The van der Waals surface area contributed by atoms with E-state index in [2.05, 4.69) is 31.4 Å². The monoisotopic (exact) mass is 247 g/mol. The first-order chi connectivity index (χ1) is 6.13. The summed E-state index contributed by atoms with van der Waals surface area (Å²) in [6, 6.07) is 1.26. The van der Waals surface area contributed by atoms with Crippen LogP contribution in [0, 0.1) is 5.82 Å². The molecule has 13 heavy (non-hydrogen) atoms.